The highest BCUT2D eigenvalue weighted by molar-refractivity contribution is 6.03. The van der Waals surface area contributed by atoms with E-state index in [0.29, 0.717) is 29.1 Å². The van der Waals surface area contributed by atoms with Gasteiger partial charge in [-0.25, -0.2) is 14.1 Å². The number of carbonyl (C=O) groups is 4. The molecule has 67 heavy (non-hydrogen) atoms. The van der Waals surface area contributed by atoms with Crippen molar-refractivity contribution >= 4 is 29.5 Å². The first kappa shape index (κ1) is 45.8. The molecule has 7 aromatic rings. The van der Waals surface area contributed by atoms with Crippen LogP contribution < -0.4 is 4.90 Å². The van der Waals surface area contributed by atoms with E-state index in [2.05, 4.69) is 36.4 Å². The number of esters is 3. The molecule has 2 heterocycles. The van der Waals surface area contributed by atoms with Crippen molar-refractivity contribution < 1.29 is 42.9 Å². The minimum atomic E-state index is -1.85. The van der Waals surface area contributed by atoms with Crippen LogP contribution >= 0.6 is 0 Å². The fourth-order valence-electron chi connectivity index (χ4n) is 8.91. The molecule has 1 saturated heterocycles. The first-order valence-electron chi connectivity index (χ1n) is 21.9. The van der Waals surface area contributed by atoms with Crippen molar-refractivity contribution in [2.45, 2.75) is 56.9 Å². The van der Waals surface area contributed by atoms with Crippen molar-refractivity contribution in [3.05, 3.63) is 209 Å². The third kappa shape index (κ3) is 9.64. The predicted molar refractivity (Wildman–Crippen MR) is 248 cm³/mol. The van der Waals surface area contributed by atoms with Gasteiger partial charge >= 0.3 is 17.9 Å². The zero-order valence-electron chi connectivity index (χ0n) is 37.2. The number of aliphatic hydroxyl groups is 1. The van der Waals surface area contributed by atoms with Crippen molar-refractivity contribution in [3.63, 3.8) is 0 Å². The maximum Gasteiger partial charge on any atom is 0.303 e. The van der Waals surface area contributed by atoms with Gasteiger partial charge in [0.15, 0.2) is 11.4 Å². The van der Waals surface area contributed by atoms with E-state index >= 15 is 0 Å². The third-order valence-corrected chi connectivity index (χ3v) is 12.1. The number of β-lactam (4-membered cyclic amide) rings is 1. The van der Waals surface area contributed by atoms with E-state index in [-0.39, 0.29) is 12.3 Å². The molecule has 1 amide bonds. The summed E-state index contributed by atoms with van der Waals surface area (Å²) >= 11 is 0. The number of hydrogen-bond acceptors (Lipinski definition) is 10. The molecule has 0 saturated carbocycles. The topological polar surface area (TPSA) is 150 Å². The number of benzene rings is 6. The summed E-state index contributed by atoms with van der Waals surface area (Å²) in [6.45, 7) is 2.81. The lowest BCUT2D eigenvalue weighted by atomic mass is 9.77. The van der Waals surface area contributed by atoms with Gasteiger partial charge in [0.25, 0.3) is 0 Å². The fraction of sp³-hybridized carbons (Fsp3) is 0.222. The number of ether oxygens (including phenoxy) is 3. The van der Waals surface area contributed by atoms with Crippen LogP contribution in [0.25, 0.3) is 11.4 Å². The summed E-state index contributed by atoms with van der Waals surface area (Å²) in [7, 11) is 0. The Labute approximate surface area is 387 Å². The Morgan fingerprint density at radius 2 is 1.19 bits per heavy atom. The molecule has 8 rings (SSSR count). The summed E-state index contributed by atoms with van der Waals surface area (Å²) < 4.78 is 31.8. The average molecular weight is 901 g/mol. The number of aromatic nitrogens is 3. The summed E-state index contributed by atoms with van der Waals surface area (Å²) in [5, 5.41) is 16.7. The highest BCUT2D eigenvalue weighted by Gasteiger charge is 2.49. The van der Waals surface area contributed by atoms with Gasteiger partial charge in [0, 0.05) is 32.0 Å². The molecule has 1 fully saturated rings. The minimum absolute atomic E-state index is 0.163. The van der Waals surface area contributed by atoms with Gasteiger partial charge in [0.1, 0.15) is 37.0 Å². The third-order valence-electron chi connectivity index (χ3n) is 12.1. The lowest BCUT2D eigenvalue weighted by Gasteiger charge is -2.48. The molecule has 0 spiro atoms. The minimum Gasteiger partial charge on any atom is -0.462 e. The molecule has 0 unspecified atom stereocenters. The highest BCUT2D eigenvalue weighted by atomic mass is 19.1. The molecule has 1 aliphatic rings. The van der Waals surface area contributed by atoms with Crippen molar-refractivity contribution in [2.24, 2.45) is 5.92 Å². The Morgan fingerprint density at radius 1 is 0.672 bits per heavy atom. The van der Waals surface area contributed by atoms with E-state index in [1.54, 1.807) is 47.6 Å². The number of halogens is 1. The molecular formula is C54H49FN4O8. The number of nitrogens with zero attached hydrogens (tertiary/aromatic N) is 4. The Kier molecular flexibility index (Phi) is 13.5. The van der Waals surface area contributed by atoms with Gasteiger partial charge < -0.3 is 24.2 Å². The van der Waals surface area contributed by atoms with Crippen LogP contribution in [0.4, 0.5) is 10.1 Å². The van der Waals surface area contributed by atoms with Gasteiger partial charge in [0.2, 0.25) is 5.91 Å². The van der Waals surface area contributed by atoms with Crippen LogP contribution in [-0.2, 0) is 44.5 Å². The number of amides is 1. The Hall–Kier alpha value is -7.77. The van der Waals surface area contributed by atoms with Gasteiger partial charge in [-0.2, -0.15) is 0 Å². The van der Waals surface area contributed by atoms with Crippen molar-refractivity contribution in [1.82, 2.24) is 14.8 Å². The van der Waals surface area contributed by atoms with Gasteiger partial charge in [-0.05, 0) is 82.6 Å². The van der Waals surface area contributed by atoms with Gasteiger partial charge in [-0.15, -0.1) is 5.10 Å². The second-order valence-electron chi connectivity index (χ2n) is 16.6. The molecule has 1 aliphatic heterocycles. The second-order valence-corrected chi connectivity index (χ2v) is 16.6. The monoisotopic (exact) mass is 900 g/mol. The summed E-state index contributed by atoms with van der Waals surface area (Å²) in [6.07, 6.45) is 1.61. The first-order valence-corrected chi connectivity index (χ1v) is 21.9. The van der Waals surface area contributed by atoms with Crippen LogP contribution in [0.5, 0.6) is 0 Å². The largest absolute Gasteiger partial charge is 0.462 e. The quantitative estimate of drug-likeness (QED) is 0.0406. The van der Waals surface area contributed by atoms with E-state index < -0.39 is 66.1 Å². The molecule has 13 heteroatoms. The lowest BCUT2D eigenvalue weighted by molar-refractivity contribution is -0.161. The van der Waals surface area contributed by atoms with E-state index in [0.717, 1.165) is 27.8 Å². The molecule has 0 bridgehead atoms. The fourth-order valence-corrected chi connectivity index (χ4v) is 8.91. The summed E-state index contributed by atoms with van der Waals surface area (Å²) in [5.74, 6) is -2.43. The predicted octanol–water partition coefficient (Wildman–Crippen LogP) is 9.03. The molecule has 6 aromatic carbocycles. The molecular weight excluding hydrogens is 852 g/mol. The van der Waals surface area contributed by atoms with E-state index in [1.165, 1.54) is 32.9 Å². The maximum atomic E-state index is 14.4. The van der Waals surface area contributed by atoms with Crippen molar-refractivity contribution in [3.8, 4) is 11.4 Å². The number of hydrogen-bond donors (Lipinski definition) is 1. The van der Waals surface area contributed by atoms with E-state index in [9.17, 15) is 28.7 Å². The Morgan fingerprint density at radius 3 is 1.69 bits per heavy atom. The van der Waals surface area contributed by atoms with Crippen LogP contribution in [0.3, 0.4) is 0 Å². The SMILES string of the molecule is CC(=O)OCC(O)(COC(C)=O)c1ccc([C@@H]2[C@@H](CC[C@H](OC(C)=O)c3ccc(F)cc3)C(=O)N2c2ccc(-c3ncn(C(c4ccccc4)(c4ccccc4)c4ccccc4)n3)cc2)cc1. The van der Waals surface area contributed by atoms with Crippen LogP contribution in [0.1, 0.15) is 79.1 Å². The summed E-state index contributed by atoms with van der Waals surface area (Å²) in [4.78, 5) is 56.6. The zero-order chi connectivity index (χ0) is 47.1. The van der Waals surface area contributed by atoms with E-state index in [4.69, 9.17) is 24.3 Å². The van der Waals surface area contributed by atoms with Crippen molar-refractivity contribution in [2.75, 3.05) is 18.1 Å². The Bertz CT molecular complexity index is 2710. The summed E-state index contributed by atoms with van der Waals surface area (Å²) in [6, 6.07) is 50.0. The van der Waals surface area contributed by atoms with Gasteiger partial charge in [0.05, 0.1) is 12.0 Å². The molecule has 0 aliphatic carbocycles. The zero-order valence-corrected chi connectivity index (χ0v) is 37.2. The number of carbonyl (C=O) groups excluding carboxylic acids is 4. The highest BCUT2D eigenvalue weighted by Crippen LogP contribution is 2.47. The van der Waals surface area contributed by atoms with Crippen LogP contribution in [0.2, 0.25) is 0 Å². The van der Waals surface area contributed by atoms with Crippen LogP contribution in [0.15, 0.2) is 170 Å². The maximum absolute atomic E-state index is 14.4. The molecule has 1 aromatic heterocycles. The smallest absolute Gasteiger partial charge is 0.303 e. The van der Waals surface area contributed by atoms with E-state index in [1.807, 2.05) is 83.5 Å². The summed E-state index contributed by atoms with van der Waals surface area (Å²) in [5.41, 5.74) is 3.27. The molecule has 340 valence electrons. The first-order chi connectivity index (χ1) is 32.4. The number of anilines is 1. The van der Waals surface area contributed by atoms with Gasteiger partial charge in [-0.3, -0.25) is 19.2 Å². The molecule has 3 atom stereocenters. The lowest BCUT2D eigenvalue weighted by Crippen LogP contribution is -2.55. The second kappa shape index (κ2) is 19.8. The van der Waals surface area contributed by atoms with Crippen LogP contribution in [0, 0.1) is 11.7 Å². The van der Waals surface area contributed by atoms with Gasteiger partial charge in [-0.1, -0.05) is 127 Å². The normalized spacial score (nSPS) is 15.3. The Balaban J connectivity index is 1.13. The molecule has 0 radical (unpaired) electrons. The molecule has 12 nitrogen and oxygen atoms in total. The number of rotatable bonds is 17. The standard InChI is InChI=1S/C54H49FN4O8/c1-36(60)65-33-53(64,34-66-37(2)61)42-25-19-40(20-26-42)50-48(31-32-49(67-38(3)62)39-21-27-46(55)28-22-39)52(63)59(50)47-29-23-41(24-30-47)51-56-35-58(57-51)54(43-13-7-4-8-14-43,44-15-9-5-10-16-44)45-17-11-6-12-18-45/h4-30,35,48-50,64H,31-34H2,1-3H3/t48-,49+,50-/m1/s1. The van der Waals surface area contributed by atoms with Crippen LogP contribution in [-0.4, -0.2) is 56.9 Å². The molecule has 1 N–H and O–H groups in total. The average Bonchev–Trinajstić information content (AvgIpc) is 3.84. The van der Waals surface area contributed by atoms with Crippen molar-refractivity contribution in [1.29, 1.82) is 0 Å².